The fourth-order valence-electron chi connectivity index (χ4n) is 1.74. The van der Waals surface area contributed by atoms with Gasteiger partial charge in [0.05, 0.1) is 12.1 Å². The molecule has 1 atom stereocenters. The van der Waals surface area contributed by atoms with Crippen LogP contribution in [-0.2, 0) is 16.1 Å². The van der Waals surface area contributed by atoms with Crippen LogP contribution in [-0.4, -0.2) is 23.3 Å². The van der Waals surface area contributed by atoms with Crippen molar-refractivity contribution >= 4 is 17.6 Å². The minimum absolute atomic E-state index is 0.00549. The Hall–Kier alpha value is -1.92. The van der Waals surface area contributed by atoms with Crippen LogP contribution in [0, 0.1) is 5.82 Å². The van der Waals surface area contributed by atoms with E-state index in [-0.39, 0.29) is 5.02 Å². The van der Waals surface area contributed by atoms with Crippen LogP contribution in [0.3, 0.4) is 0 Å². The van der Waals surface area contributed by atoms with Gasteiger partial charge < -0.3 is 4.74 Å². The summed E-state index contributed by atoms with van der Waals surface area (Å²) >= 11 is 5.63. The van der Waals surface area contributed by atoms with Gasteiger partial charge in [-0.1, -0.05) is 17.7 Å². The van der Waals surface area contributed by atoms with Crippen molar-refractivity contribution in [2.24, 2.45) is 0 Å². The lowest BCUT2D eigenvalue weighted by Gasteiger charge is -2.16. The van der Waals surface area contributed by atoms with Crippen LogP contribution in [0.1, 0.15) is 17.3 Å². The van der Waals surface area contributed by atoms with E-state index in [0.717, 1.165) is 5.69 Å². The van der Waals surface area contributed by atoms with E-state index in [1.54, 1.807) is 18.3 Å². The highest BCUT2D eigenvalue weighted by Crippen LogP contribution is 2.21. The lowest BCUT2D eigenvalue weighted by atomic mass is 10.1. The first kappa shape index (κ1) is 14.5. The molecule has 5 nitrogen and oxygen atoms in total. The van der Waals surface area contributed by atoms with Gasteiger partial charge in [0.15, 0.2) is 0 Å². The maximum Gasteiger partial charge on any atom is 0.327 e. The topological polar surface area (TPSA) is 67.0 Å². The summed E-state index contributed by atoms with van der Waals surface area (Å²) in [5.74, 6) is -1.09. The third-order valence-electron chi connectivity index (χ3n) is 2.77. The van der Waals surface area contributed by atoms with E-state index in [1.165, 1.54) is 19.2 Å². The van der Waals surface area contributed by atoms with Gasteiger partial charge in [-0.15, -0.1) is 0 Å². The summed E-state index contributed by atoms with van der Waals surface area (Å²) in [6.45, 7) is 0.365. The van der Waals surface area contributed by atoms with Gasteiger partial charge in [-0.3, -0.25) is 10.4 Å². The van der Waals surface area contributed by atoms with Crippen LogP contribution < -0.4 is 5.32 Å². The molecule has 0 fully saturated rings. The maximum absolute atomic E-state index is 13.5. The number of H-pyrrole nitrogens is 1. The molecule has 0 aliphatic rings. The van der Waals surface area contributed by atoms with Crippen molar-refractivity contribution in [3.8, 4) is 0 Å². The molecule has 0 aliphatic carbocycles. The predicted octanol–water partition coefficient (Wildman–Crippen LogP) is 2.21. The van der Waals surface area contributed by atoms with Gasteiger partial charge in [-0.05, 0) is 23.8 Å². The number of carbonyl (C=O) groups excluding carboxylic acids is 1. The Morgan fingerprint density at radius 2 is 2.35 bits per heavy atom. The monoisotopic (exact) mass is 297 g/mol. The van der Waals surface area contributed by atoms with Gasteiger partial charge in [0.2, 0.25) is 0 Å². The highest BCUT2D eigenvalue weighted by molar-refractivity contribution is 6.30. The summed E-state index contributed by atoms with van der Waals surface area (Å²) in [4.78, 5) is 11.8. The van der Waals surface area contributed by atoms with Gasteiger partial charge in [0.1, 0.15) is 11.9 Å². The number of esters is 1. The maximum atomic E-state index is 13.5. The lowest BCUT2D eigenvalue weighted by molar-refractivity contribution is -0.143. The van der Waals surface area contributed by atoms with Crippen molar-refractivity contribution in [2.75, 3.05) is 7.11 Å². The molecule has 0 unspecified atom stereocenters. The Kier molecular flexibility index (Phi) is 4.70. The van der Waals surface area contributed by atoms with E-state index in [1.807, 2.05) is 0 Å². The molecule has 2 aromatic rings. The summed E-state index contributed by atoms with van der Waals surface area (Å²) in [6.07, 6.45) is 1.60. The largest absolute Gasteiger partial charge is 0.468 e. The van der Waals surface area contributed by atoms with Gasteiger partial charge >= 0.3 is 5.97 Å². The number of methoxy groups -OCH3 is 1. The SMILES string of the molecule is COC(=O)[C@H](NCc1ccn[nH]1)c1ccc(Cl)c(F)c1. The van der Waals surface area contributed by atoms with Gasteiger partial charge in [0.25, 0.3) is 0 Å². The quantitative estimate of drug-likeness (QED) is 0.830. The van der Waals surface area contributed by atoms with E-state index >= 15 is 0 Å². The molecule has 2 rings (SSSR count). The highest BCUT2D eigenvalue weighted by atomic mass is 35.5. The Balaban J connectivity index is 2.18. The molecule has 0 radical (unpaired) electrons. The molecule has 2 N–H and O–H groups in total. The molecule has 20 heavy (non-hydrogen) atoms. The number of aromatic nitrogens is 2. The minimum Gasteiger partial charge on any atom is -0.468 e. The molecule has 0 saturated heterocycles. The van der Waals surface area contributed by atoms with Crippen molar-refractivity contribution in [1.29, 1.82) is 0 Å². The molecule has 0 saturated carbocycles. The van der Waals surface area contributed by atoms with Crippen LogP contribution in [0.2, 0.25) is 5.02 Å². The molecule has 106 valence electrons. The summed E-state index contributed by atoms with van der Waals surface area (Å²) in [5.41, 5.74) is 1.24. The third kappa shape index (κ3) is 3.34. The molecule has 0 amide bonds. The van der Waals surface area contributed by atoms with E-state index in [0.29, 0.717) is 12.1 Å². The van der Waals surface area contributed by atoms with Crippen LogP contribution in [0.15, 0.2) is 30.5 Å². The van der Waals surface area contributed by atoms with Crippen molar-refractivity contribution in [3.63, 3.8) is 0 Å². The second-order valence-corrected chi connectivity index (χ2v) is 4.50. The lowest BCUT2D eigenvalue weighted by Crippen LogP contribution is -2.29. The Morgan fingerprint density at radius 1 is 1.55 bits per heavy atom. The van der Waals surface area contributed by atoms with Crippen LogP contribution >= 0.6 is 11.6 Å². The first-order valence-electron chi connectivity index (χ1n) is 5.86. The zero-order valence-electron chi connectivity index (χ0n) is 10.7. The Morgan fingerprint density at radius 3 is 2.95 bits per heavy atom. The number of nitrogens with one attached hydrogen (secondary N) is 2. The number of nitrogens with zero attached hydrogens (tertiary/aromatic N) is 1. The second-order valence-electron chi connectivity index (χ2n) is 4.09. The van der Waals surface area contributed by atoms with Crippen molar-refractivity contribution in [2.45, 2.75) is 12.6 Å². The average Bonchev–Trinajstić information content (AvgIpc) is 2.95. The van der Waals surface area contributed by atoms with Crippen LogP contribution in [0.25, 0.3) is 0 Å². The van der Waals surface area contributed by atoms with Crippen molar-refractivity contribution in [3.05, 3.63) is 52.6 Å². The van der Waals surface area contributed by atoms with Gasteiger partial charge in [-0.2, -0.15) is 5.10 Å². The number of carbonyl (C=O) groups is 1. The fraction of sp³-hybridized carbons (Fsp3) is 0.231. The average molecular weight is 298 g/mol. The number of benzene rings is 1. The van der Waals surface area contributed by atoms with Gasteiger partial charge in [0, 0.05) is 18.4 Å². The standard InChI is InChI=1S/C13H13ClFN3O2/c1-20-13(19)12(16-7-9-4-5-17-18-9)8-2-3-10(14)11(15)6-8/h2-6,12,16H,7H2,1H3,(H,17,18)/t12-/m1/s1. The molecule has 0 spiro atoms. The molecular weight excluding hydrogens is 285 g/mol. The first-order valence-corrected chi connectivity index (χ1v) is 6.24. The van der Waals surface area contributed by atoms with Gasteiger partial charge in [-0.25, -0.2) is 9.18 Å². The second kappa shape index (κ2) is 6.49. The highest BCUT2D eigenvalue weighted by Gasteiger charge is 2.22. The number of aromatic amines is 1. The van der Waals surface area contributed by atoms with E-state index in [9.17, 15) is 9.18 Å². The fourth-order valence-corrected chi connectivity index (χ4v) is 1.86. The molecular formula is C13H13ClFN3O2. The number of hydrogen-bond acceptors (Lipinski definition) is 4. The molecule has 0 aliphatic heterocycles. The number of ether oxygens (including phenoxy) is 1. The van der Waals surface area contributed by atoms with E-state index < -0.39 is 17.8 Å². The van der Waals surface area contributed by atoms with E-state index in [4.69, 9.17) is 16.3 Å². The number of halogens is 2. The molecule has 7 heteroatoms. The Labute approximate surface area is 120 Å². The molecule has 1 heterocycles. The molecule has 1 aromatic heterocycles. The normalized spacial score (nSPS) is 12.2. The summed E-state index contributed by atoms with van der Waals surface area (Å²) in [6, 6.07) is 5.18. The first-order chi connectivity index (χ1) is 9.61. The van der Waals surface area contributed by atoms with Crippen LogP contribution in [0.5, 0.6) is 0 Å². The smallest absolute Gasteiger partial charge is 0.327 e. The molecule has 0 bridgehead atoms. The number of hydrogen-bond donors (Lipinski definition) is 2. The Bertz CT molecular complexity index is 589. The third-order valence-corrected chi connectivity index (χ3v) is 3.08. The number of rotatable bonds is 5. The molecule has 1 aromatic carbocycles. The zero-order valence-corrected chi connectivity index (χ0v) is 11.4. The predicted molar refractivity (Wildman–Crippen MR) is 71.6 cm³/mol. The van der Waals surface area contributed by atoms with Crippen LogP contribution in [0.4, 0.5) is 4.39 Å². The summed E-state index contributed by atoms with van der Waals surface area (Å²) in [5, 5.41) is 9.55. The zero-order chi connectivity index (χ0) is 14.5. The van der Waals surface area contributed by atoms with Crippen molar-refractivity contribution < 1.29 is 13.9 Å². The summed E-state index contributed by atoms with van der Waals surface area (Å²) < 4.78 is 18.2. The summed E-state index contributed by atoms with van der Waals surface area (Å²) in [7, 11) is 1.28. The van der Waals surface area contributed by atoms with Crippen molar-refractivity contribution in [1.82, 2.24) is 15.5 Å². The minimum atomic E-state index is -0.782. The van der Waals surface area contributed by atoms with E-state index in [2.05, 4.69) is 15.5 Å².